The van der Waals surface area contributed by atoms with Crippen LogP contribution in [0.15, 0.2) is 28.6 Å². The molecule has 4 nitrogen and oxygen atoms in total. The van der Waals surface area contributed by atoms with Crippen LogP contribution in [0.5, 0.6) is 5.75 Å². The van der Waals surface area contributed by atoms with Crippen LogP contribution in [-0.2, 0) is 6.54 Å². The lowest BCUT2D eigenvalue weighted by Crippen LogP contribution is -2.22. The second-order valence-corrected chi connectivity index (χ2v) is 7.41. The van der Waals surface area contributed by atoms with E-state index in [-0.39, 0.29) is 0 Å². The van der Waals surface area contributed by atoms with Crippen LogP contribution < -0.4 is 4.74 Å². The molecule has 1 aliphatic heterocycles. The van der Waals surface area contributed by atoms with Gasteiger partial charge in [-0.25, -0.2) is 0 Å². The van der Waals surface area contributed by atoms with E-state index in [1.807, 2.05) is 13.2 Å². The van der Waals surface area contributed by atoms with Gasteiger partial charge in [0.15, 0.2) is 4.34 Å². The summed E-state index contributed by atoms with van der Waals surface area (Å²) in [6.45, 7) is 4.75. The summed E-state index contributed by atoms with van der Waals surface area (Å²) in [5.41, 5.74) is 1.37. The van der Waals surface area contributed by atoms with Gasteiger partial charge >= 0.3 is 0 Å². The first-order valence-corrected chi connectivity index (χ1v) is 9.67. The molecule has 1 aliphatic rings. The van der Waals surface area contributed by atoms with Gasteiger partial charge in [-0.2, -0.15) is 0 Å². The first-order valence-electron chi connectivity index (χ1n) is 7.63. The first kappa shape index (κ1) is 15.8. The van der Waals surface area contributed by atoms with Crippen molar-refractivity contribution in [3.8, 4) is 5.75 Å². The third-order valence-electron chi connectivity index (χ3n) is 3.90. The summed E-state index contributed by atoms with van der Waals surface area (Å²) in [6.07, 6.45) is 4.50. The van der Waals surface area contributed by atoms with Crippen molar-refractivity contribution < 1.29 is 4.74 Å². The van der Waals surface area contributed by atoms with E-state index in [1.165, 1.54) is 18.4 Å². The van der Waals surface area contributed by atoms with E-state index >= 15 is 0 Å². The maximum Gasteiger partial charge on any atom is 0.174 e. The molecule has 1 unspecified atom stereocenters. The molecule has 118 valence electrons. The molecule has 0 saturated carbocycles. The Morgan fingerprint density at radius 3 is 2.82 bits per heavy atom. The first-order chi connectivity index (χ1) is 10.8. The number of nitrogens with zero attached hydrogens (tertiary/aromatic N) is 3. The largest absolute Gasteiger partial charge is 0.494 e. The van der Waals surface area contributed by atoms with Crippen LogP contribution >= 0.6 is 23.1 Å². The minimum atomic E-state index is 0.484. The Morgan fingerprint density at radius 2 is 2.14 bits per heavy atom. The van der Waals surface area contributed by atoms with E-state index in [2.05, 4.69) is 39.4 Å². The highest BCUT2D eigenvalue weighted by atomic mass is 32.2. The number of benzene rings is 1. The number of likely N-dealkylation sites (tertiary alicyclic amines) is 1. The Balaban J connectivity index is 1.69. The minimum Gasteiger partial charge on any atom is -0.494 e. The lowest BCUT2D eigenvalue weighted by atomic mass is 10.0. The Morgan fingerprint density at radius 1 is 1.32 bits per heavy atom. The van der Waals surface area contributed by atoms with Gasteiger partial charge in [-0.1, -0.05) is 35.2 Å². The van der Waals surface area contributed by atoms with E-state index in [9.17, 15) is 0 Å². The SMILES string of the molecule is CCOc1ccc(C2CCCN2Cc2nnc(SC)s2)cc1. The van der Waals surface area contributed by atoms with E-state index in [0.717, 1.165) is 28.2 Å². The van der Waals surface area contributed by atoms with Crippen LogP contribution in [0.3, 0.4) is 0 Å². The Kier molecular flexibility index (Phi) is 5.33. The predicted molar refractivity (Wildman–Crippen MR) is 91.7 cm³/mol. The summed E-state index contributed by atoms with van der Waals surface area (Å²) in [6, 6.07) is 9.03. The molecule has 0 amide bonds. The quantitative estimate of drug-likeness (QED) is 0.746. The third kappa shape index (κ3) is 3.62. The predicted octanol–water partition coefficient (Wildman–Crippen LogP) is 4.00. The topological polar surface area (TPSA) is 38.2 Å². The molecule has 0 bridgehead atoms. The van der Waals surface area contributed by atoms with Gasteiger partial charge in [0.05, 0.1) is 13.2 Å². The summed E-state index contributed by atoms with van der Waals surface area (Å²) >= 11 is 3.37. The number of ether oxygens (including phenoxy) is 1. The maximum absolute atomic E-state index is 5.53. The molecule has 22 heavy (non-hydrogen) atoms. The molecular weight excluding hydrogens is 314 g/mol. The molecule has 1 aromatic carbocycles. The van der Waals surface area contributed by atoms with E-state index < -0.39 is 0 Å². The van der Waals surface area contributed by atoms with Crippen LogP contribution in [0.25, 0.3) is 0 Å². The highest BCUT2D eigenvalue weighted by Crippen LogP contribution is 2.34. The van der Waals surface area contributed by atoms with Crippen LogP contribution in [0.1, 0.15) is 36.4 Å². The van der Waals surface area contributed by atoms with Crippen molar-refractivity contribution >= 4 is 23.1 Å². The van der Waals surface area contributed by atoms with Crippen LogP contribution in [0, 0.1) is 0 Å². The second-order valence-electron chi connectivity index (χ2n) is 5.30. The van der Waals surface area contributed by atoms with Crippen LogP contribution in [-0.4, -0.2) is 34.5 Å². The highest BCUT2D eigenvalue weighted by molar-refractivity contribution is 8.00. The monoisotopic (exact) mass is 335 g/mol. The van der Waals surface area contributed by atoms with Gasteiger partial charge in [0, 0.05) is 6.04 Å². The molecule has 1 fully saturated rings. The van der Waals surface area contributed by atoms with Gasteiger partial charge in [-0.15, -0.1) is 10.2 Å². The molecule has 1 saturated heterocycles. The molecule has 2 heterocycles. The highest BCUT2D eigenvalue weighted by Gasteiger charge is 2.26. The number of hydrogen-bond donors (Lipinski definition) is 0. The van der Waals surface area contributed by atoms with Gasteiger partial charge < -0.3 is 4.74 Å². The van der Waals surface area contributed by atoms with Crippen molar-refractivity contribution in [1.29, 1.82) is 0 Å². The summed E-state index contributed by atoms with van der Waals surface area (Å²) in [7, 11) is 0. The van der Waals surface area contributed by atoms with Crippen molar-refractivity contribution in [2.45, 2.75) is 36.7 Å². The molecule has 2 aromatic rings. The fraction of sp³-hybridized carbons (Fsp3) is 0.500. The smallest absolute Gasteiger partial charge is 0.174 e. The number of rotatable bonds is 6. The number of thioether (sulfide) groups is 1. The summed E-state index contributed by atoms with van der Waals surface area (Å²) in [5.74, 6) is 0.949. The van der Waals surface area contributed by atoms with Crippen LogP contribution in [0.4, 0.5) is 0 Å². The molecule has 1 aromatic heterocycles. The molecule has 0 N–H and O–H groups in total. The van der Waals surface area contributed by atoms with Crippen LogP contribution in [0.2, 0.25) is 0 Å². The standard InChI is InChI=1S/C16H21N3OS2/c1-3-20-13-8-6-12(7-9-13)14-5-4-10-19(14)11-15-17-18-16(21-2)22-15/h6-9,14H,3-5,10-11H2,1-2H3. The second kappa shape index (κ2) is 7.44. The Labute approximate surface area is 139 Å². The van der Waals surface area contributed by atoms with Gasteiger partial charge in [0.25, 0.3) is 0 Å². The molecular formula is C16H21N3OS2. The van der Waals surface area contributed by atoms with Crippen molar-refractivity contribution in [2.75, 3.05) is 19.4 Å². The average Bonchev–Trinajstić information content (AvgIpc) is 3.18. The number of aromatic nitrogens is 2. The summed E-state index contributed by atoms with van der Waals surface area (Å²) in [4.78, 5) is 2.51. The van der Waals surface area contributed by atoms with Gasteiger partial charge in [0.1, 0.15) is 10.8 Å². The molecule has 1 atom stereocenters. The minimum absolute atomic E-state index is 0.484. The fourth-order valence-electron chi connectivity index (χ4n) is 2.90. The zero-order valence-corrected chi connectivity index (χ0v) is 14.6. The van der Waals surface area contributed by atoms with Crippen molar-refractivity contribution in [1.82, 2.24) is 15.1 Å². The third-order valence-corrected chi connectivity index (χ3v) is 5.78. The summed E-state index contributed by atoms with van der Waals surface area (Å²) in [5, 5.41) is 9.61. The van der Waals surface area contributed by atoms with Gasteiger partial charge in [-0.3, -0.25) is 4.90 Å². The molecule has 3 rings (SSSR count). The van der Waals surface area contributed by atoms with E-state index in [4.69, 9.17) is 4.74 Å². The Hall–Kier alpha value is -1.11. The molecule has 0 radical (unpaired) electrons. The van der Waals surface area contributed by atoms with Crippen molar-refractivity contribution in [3.05, 3.63) is 34.8 Å². The lowest BCUT2D eigenvalue weighted by Gasteiger charge is -2.23. The fourth-order valence-corrected chi connectivity index (χ4v) is 4.24. The normalized spacial score (nSPS) is 18.7. The zero-order valence-electron chi connectivity index (χ0n) is 13.0. The number of hydrogen-bond acceptors (Lipinski definition) is 6. The summed E-state index contributed by atoms with van der Waals surface area (Å²) < 4.78 is 6.58. The lowest BCUT2D eigenvalue weighted by molar-refractivity contribution is 0.247. The van der Waals surface area contributed by atoms with Crippen molar-refractivity contribution in [3.63, 3.8) is 0 Å². The average molecular weight is 335 g/mol. The van der Waals surface area contributed by atoms with Crippen molar-refractivity contribution in [2.24, 2.45) is 0 Å². The maximum atomic E-state index is 5.53. The molecule has 6 heteroatoms. The van der Waals surface area contributed by atoms with E-state index in [1.54, 1.807) is 23.1 Å². The van der Waals surface area contributed by atoms with E-state index in [0.29, 0.717) is 12.6 Å². The Bertz CT molecular complexity index is 600. The zero-order chi connectivity index (χ0) is 15.4. The molecule has 0 spiro atoms. The van der Waals surface area contributed by atoms with Gasteiger partial charge in [0.2, 0.25) is 0 Å². The van der Waals surface area contributed by atoms with Gasteiger partial charge in [-0.05, 0) is 50.3 Å². The molecule has 0 aliphatic carbocycles.